The summed E-state index contributed by atoms with van der Waals surface area (Å²) >= 11 is 0. The van der Waals surface area contributed by atoms with Gasteiger partial charge < -0.3 is 21.1 Å². The average Bonchev–Trinajstić information content (AvgIpc) is 2.29. The second kappa shape index (κ2) is 4.63. The molecule has 0 spiro atoms. The van der Waals surface area contributed by atoms with Gasteiger partial charge in [0.25, 0.3) is 5.91 Å². The largest absolute Gasteiger partial charge is 0.399 e. The van der Waals surface area contributed by atoms with E-state index in [9.17, 15) is 4.79 Å². The van der Waals surface area contributed by atoms with Crippen molar-refractivity contribution in [1.29, 1.82) is 0 Å². The topological polar surface area (TPSA) is 81.6 Å². The highest BCUT2D eigenvalue weighted by Crippen LogP contribution is 2.26. The Morgan fingerprint density at radius 2 is 2.29 bits per heavy atom. The maximum Gasteiger partial charge on any atom is 0.250 e. The third-order valence-corrected chi connectivity index (χ3v) is 2.96. The molecule has 1 aliphatic heterocycles. The third kappa shape index (κ3) is 2.34. The van der Waals surface area contributed by atoms with Gasteiger partial charge in [0.1, 0.15) is 0 Å². The number of primary amides is 1. The predicted octanol–water partition coefficient (Wildman–Crippen LogP) is 0.593. The van der Waals surface area contributed by atoms with E-state index < -0.39 is 5.91 Å². The highest BCUT2D eigenvalue weighted by Gasteiger charge is 2.23. The van der Waals surface area contributed by atoms with E-state index in [4.69, 9.17) is 16.2 Å². The predicted molar refractivity (Wildman–Crippen MR) is 67.0 cm³/mol. The van der Waals surface area contributed by atoms with Crippen molar-refractivity contribution in [3.8, 4) is 0 Å². The summed E-state index contributed by atoms with van der Waals surface area (Å²) in [5.74, 6) is -0.432. The molecule has 1 saturated heterocycles. The summed E-state index contributed by atoms with van der Waals surface area (Å²) in [6.45, 7) is 4.09. The highest BCUT2D eigenvalue weighted by atomic mass is 16.5. The van der Waals surface area contributed by atoms with Crippen LogP contribution < -0.4 is 16.4 Å². The summed E-state index contributed by atoms with van der Waals surface area (Å²) in [4.78, 5) is 13.5. The van der Waals surface area contributed by atoms with Crippen LogP contribution in [0.15, 0.2) is 18.2 Å². The quantitative estimate of drug-likeness (QED) is 0.735. The number of anilines is 2. The standard InChI is InChI=1S/C12H17N3O2/c1-8-7-17-5-4-15(8)11-6-9(13)2-3-10(11)12(14)16/h2-3,6,8H,4-5,7,13H2,1H3,(H2,14,16). The van der Waals surface area contributed by atoms with Crippen molar-refractivity contribution in [2.45, 2.75) is 13.0 Å². The Kier molecular flexibility index (Phi) is 3.19. The molecule has 4 N–H and O–H groups in total. The van der Waals surface area contributed by atoms with E-state index in [0.29, 0.717) is 24.5 Å². The lowest BCUT2D eigenvalue weighted by atomic mass is 10.1. The summed E-state index contributed by atoms with van der Waals surface area (Å²) in [5.41, 5.74) is 13.1. The molecule has 1 aromatic rings. The number of nitrogens with zero attached hydrogens (tertiary/aromatic N) is 1. The Morgan fingerprint density at radius 3 is 2.94 bits per heavy atom. The van der Waals surface area contributed by atoms with E-state index in [-0.39, 0.29) is 6.04 Å². The first kappa shape index (κ1) is 11.7. The van der Waals surface area contributed by atoms with Gasteiger partial charge in [0.15, 0.2) is 0 Å². The molecule has 0 saturated carbocycles. The number of nitrogens with two attached hydrogens (primary N) is 2. The Hall–Kier alpha value is -1.75. The van der Waals surface area contributed by atoms with E-state index in [1.54, 1.807) is 18.2 Å². The van der Waals surface area contributed by atoms with Crippen molar-refractivity contribution < 1.29 is 9.53 Å². The number of morpholine rings is 1. The number of hydrogen-bond donors (Lipinski definition) is 2. The van der Waals surface area contributed by atoms with Gasteiger partial charge in [0, 0.05) is 18.3 Å². The fourth-order valence-corrected chi connectivity index (χ4v) is 2.08. The number of carbonyl (C=O) groups is 1. The van der Waals surface area contributed by atoms with E-state index >= 15 is 0 Å². The average molecular weight is 235 g/mol. The molecule has 0 aromatic heterocycles. The van der Waals surface area contributed by atoms with Crippen molar-refractivity contribution in [3.63, 3.8) is 0 Å². The summed E-state index contributed by atoms with van der Waals surface area (Å²) in [6, 6.07) is 5.37. The Bertz CT molecular complexity index is 434. The Labute approximate surface area is 100 Å². The number of nitrogen functional groups attached to an aromatic ring is 1. The summed E-state index contributed by atoms with van der Waals surface area (Å²) < 4.78 is 5.37. The molecule has 1 aromatic carbocycles. The number of ether oxygens (including phenoxy) is 1. The van der Waals surface area contributed by atoms with Crippen LogP contribution in [0.5, 0.6) is 0 Å². The number of carbonyl (C=O) groups excluding carboxylic acids is 1. The fourth-order valence-electron chi connectivity index (χ4n) is 2.08. The first-order valence-electron chi connectivity index (χ1n) is 5.63. The van der Waals surface area contributed by atoms with Crippen LogP contribution in [-0.4, -0.2) is 31.7 Å². The molecule has 1 aliphatic rings. The van der Waals surface area contributed by atoms with Gasteiger partial charge >= 0.3 is 0 Å². The summed E-state index contributed by atoms with van der Waals surface area (Å²) in [7, 11) is 0. The van der Waals surface area contributed by atoms with Crippen molar-refractivity contribution in [3.05, 3.63) is 23.8 Å². The van der Waals surface area contributed by atoms with Crippen LogP contribution in [-0.2, 0) is 4.74 Å². The van der Waals surface area contributed by atoms with Gasteiger partial charge in [-0.1, -0.05) is 0 Å². The monoisotopic (exact) mass is 235 g/mol. The number of hydrogen-bond acceptors (Lipinski definition) is 4. The Morgan fingerprint density at radius 1 is 1.53 bits per heavy atom. The lowest BCUT2D eigenvalue weighted by Crippen LogP contribution is -2.44. The van der Waals surface area contributed by atoms with Gasteiger partial charge in [0.05, 0.1) is 24.5 Å². The lowest BCUT2D eigenvalue weighted by Gasteiger charge is -2.36. The summed E-state index contributed by atoms with van der Waals surface area (Å²) in [6.07, 6.45) is 0. The molecule has 1 heterocycles. The first-order chi connectivity index (χ1) is 8.09. The molecule has 0 bridgehead atoms. The molecule has 92 valence electrons. The van der Waals surface area contributed by atoms with Gasteiger partial charge in [-0.25, -0.2) is 0 Å². The molecule has 0 radical (unpaired) electrons. The zero-order chi connectivity index (χ0) is 12.4. The second-order valence-electron chi connectivity index (χ2n) is 4.26. The number of amides is 1. The normalized spacial score (nSPS) is 20.3. The van der Waals surface area contributed by atoms with Crippen LogP contribution in [0.3, 0.4) is 0 Å². The smallest absolute Gasteiger partial charge is 0.250 e. The minimum Gasteiger partial charge on any atom is -0.399 e. The molecular formula is C12H17N3O2. The maximum atomic E-state index is 11.4. The minimum atomic E-state index is -0.432. The molecule has 5 heteroatoms. The molecule has 5 nitrogen and oxygen atoms in total. The zero-order valence-corrected chi connectivity index (χ0v) is 9.85. The molecule has 1 fully saturated rings. The van der Waals surface area contributed by atoms with E-state index in [1.807, 2.05) is 6.92 Å². The van der Waals surface area contributed by atoms with Gasteiger partial charge in [-0.3, -0.25) is 4.79 Å². The van der Waals surface area contributed by atoms with Crippen molar-refractivity contribution in [2.24, 2.45) is 5.73 Å². The van der Waals surface area contributed by atoms with Crippen LogP contribution in [0.2, 0.25) is 0 Å². The molecular weight excluding hydrogens is 218 g/mol. The fraction of sp³-hybridized carbons (Fsp3) is 0.417. The minimum absolute atomic E-state index is 0.212. The van der Waals surface area contributed by atoms with Gasteiger partial charge in [-0.2, -0.15) is 0 Å². The van der Waals surface area contributed by atoms with Crippen LogP contribution in [0, 0.1) is 0 Å². The molecule has 17 heavy (non-hydrogen) atoms. The van der Waals surface area contributed by atoms with Crippen LogP contribution in [0.1, 0.15) is 17.3 Å². The SMILES string of the molecule is CC1COCCN1c1cc(N)ccc1C(N)=O. The van der Waals surface area contributed by atoms with Crippen molar-refractivity contribution in [1.82, 2.24) is 0 Å². The van der Waals surface area contributed by atoms with E-state index in [1.165, 1.54) is 0 Å². The van der Waals surface area contributed by atoms with Gasteiger partial charge in [0.2, 0.25) is 0 Å². The van der Waals surface area contributed by atoms with Crippen molar-refractivity contribution in [2.75, 3.05) is 30.4 Å². The second-order valence-corrected chi connectivity index (χ2v) is 4.26. The van der Waals surface area contributed by atoms with E-state index in [2.05, 4.69) is 4.90 Å². The highest BCUT2D eigenvalue weighted by molar-refractivity contribution is 5.99. The van der Waals surface area contributed by atoms with Gasteiger partial charge in [-0.15, -0.1) is 0 Å². The third-order valence-electron chi connectivity index (χ3n) is 2.96. The first-order valence-corrected chi connectivity index (χ1v) is 5.63. The molecule has 1 amide bonds. The zero-order valence-electron chi connectivity index (χ0n) is 9.85. The number of rotatable bonds is 2. The van der Waals surface area contributed by atoms with Crippen molar-refractivity contribution >= 4 is 17.3 Å². The van der Waals surface area contributed by atoms with Crippen LogP contribution >= 0.6 is 0 Å². The van der Waals surface area contributed by atoms with E-state index in [0.717, 1.165) is 12.2 Å². The van der Waals surface area contributed by atoms with Crippen LogP contribution in [0.4, 0.5) is 11.4 Å². The molecule has 2 rings (SSSR count). The molecule has 0 aliphatic carbocycles. The molecule has 1 atom stereocenters. The van der Waals surface area contributed by atoms with Gasteiger partial charge in [-0.05, 0) is 25.1 Å². The van der Waals surface area contributed by atoms with Crippen LogP contribution in [0.25, 0.3) is 0 Å². The Balaban J connectivity index is 2.41. The molecule has 1 unspecified atom stereocenters. The summed E-state index contributed by atoms with van der Waals surface area (Å²) in [5, 5.41) is 0. The lowest BCUT2D eigenvalue weighted by molar-refractivity contribution is 0.0969. The number of benzene rings is 1. The maximum absolute atomic E-state index is 11.4.